The summed E-state index contributed by atoms with van der Waals surface area (Å²) in [6.45, 7) is 3.25. The maximum atomic E-state index is 12.9. The highest BCUT2D eigenvalue weighted by Crippen LogP contribution is 2.28. The van der Waals surface area contributed by atoms with Gasteiger partial charge in [0.1, 0.15) is 6.04 Å². The van der Waals surface area contributed by atoms with Crippen LogP contribution in [0.2, 0.25) is 0 Å². The SMILES string of the molecule is Cc1c(CN)c(NCc2ccc3c(c2)C(=O)N(C2CCC(=O)NC2=O)C3)nn1C. The number of hydrogen-bond acceptors (Lipinski definition) is 6. The molecule has 4 N–H and O–H groups in total. The van der Waals surface area contributed by atoms with E-state index in [0.717, 1.165) is 28.2 Å². The number of imide groups is 1. The van der Waals surface area contributed by atoms with Crippen LogP contribution in [0, 0.1) is 6.92 Å². The second-order valence-electron chi connectivity index (χ2n) is 7.49. The van der Waals surface area contributed by atoms with Gasteiger partial charge in [-0.05, 0) is 30.5 Å². The summed E-state index contributed by atoms with van der Waals surface area (Å²) in [4.78, 5) is 38.0. The van der Waals surface area contributed by atoms with Gasteiger partial charge < -0.3 is 16.0 Å². The molecule has 2 aliphatic heterocycles. The average Bonchev–Trinajstić information content (AvgIpc) is 3.16. The predicted molar refractivity (Wildman–Crippen MR) is 106 cm³/mol. The Balaban J connectivity index is 1.49. The Morgan fingerprint density at radius 1 is 1.31 bits per heavy atom. The lowest BCUT2D eigenvalue weighted by molar-refractivity contribution is -0.136. The minimum Gasteiger partial charge on any atom is -0.364 e. The summed E-state index contributed by atoms with van der Waals surface area (Å²) in [5.41, 5.74) is 10.2. The number of nitrogens with zero attached hydrogens (tertiary/aromatic N) is 3. The first-order chi connectivity index (χ1) is 13.9. The number of anilines is 1. The van der Waals surface area contributed by atoms with E-state index in [4.69, 9.17) is 5.73 Å². The lowest BCUT2D eigenvalue weighted by Crippen LogP contribution is -2.52. The molecule has 1 fully saturated rings. The van der Waals surface area contributed by atoms with Crippen molar-refractivity contribution in [3.63, 3.8) is 0 Å². The maximum Gasteiger partial charge on any atom is 0.255 e. The molecular formula is C20H24N6O3. The molecule has 3 heterocycles. The van der Waals surface area contributed by atoms with Gasteiger partial charge in [0.2, 0.25) is 11.8 Å². The van der Waals surface area contributed by atoms with E-state index >= 15 is 0 Å². The van der Waals surface area contributed by atoms with Crippen LogP contribution in [0.4, 0.5) is 5.82 Å². The third-order valence-electron chi connectivity index (χ3n) is 5.71. The molecule has 0 bridgehead atoms. The van der Waals surface area contributed by atoms with Crippen molar-refractivity contribution in [2.24, 2.45) is 12.8 Å². The van der Waals surface area contributed by atoms with E-state index in [0.29, 0.717) is 31.6 Å². The number of nitrogens with two attached hydrogens (primary N) is 1. The molecule has 1 aromatic heterocycles. The van der Waals surface area contributed by atoms with Crippen molar-refractivity contribution in [1.29, 1.82) is 0 Å². The first kappa shape index (κ1) is 19.1. The highest BCUT2D eigenvalue weighted by molar-refractivity contribution is 6.05. The number of rotatable bonds is 5. The number of fused-ring (bicyclic) bond motifs is 1. The Morgan fingerprint density at radius 2 is 2.10 bits per heavy atom. The lowest BCUT2D eigenvalue weighted by Gasteiger charge is -2.29. The number of carbonyl (C=O) groups is 3. The number of aromatic nitrogens is 2. The molecule has 9 nitrogen and oxygen atoms in total. The Kier molecular flexibility index (Phi) is 4.83. The summed E-state index contributed by atoms with van der Waals surface area (Å²) in [6, 6.07) is 5.14. The van der Waals surface area contributed by atoms with Crippen molar-refractivity contribution < 1.29 is 14.4 Å². The summed E-state index contributed by atoms with van der Waals surface area (Å²) >= 11 is 0. The fraction of sp³-hybridized carbons (Fsp3) is 0.400. The molecule has 152 valence electrons. The molecule has 2 aromatic rings. The number of piperidine rings is 1. The Morgan fingerprint density at radius 3 is 2.83 bits per heavy atom. The van der Waals surface area contributed by atoms with E-state index in [1.54, 1.807) is 9.58 Å². The minimum absolute atomic E-state index is 0.173. The third kappa shape index (κ3) is 3.38. The van der Waals surface area contributed by atoms with Crippen LogP contribution in [-0.4, -0.2) is 38.4 Å². The Hall–Kier alpha value is -3.20. The number of nitrogens with one attached hydrogen (secondary N) is 2. The van der Waals surface area contributed by atoms with Crippen molar-refractivity contribution in [2.75, 3.05) is 5.32 Å². The summed E-state index contributed by atoms with van der Waals surface area (Å²) < 4.78 is 1.79. The zero-order valence-corrected chi connectivity index (χ0v) is 16.5. The fourth-order valence-electron chi connectivity index (χ4n) is 3.94. The van der Waals surface area contributed by atoms with Crippen LogP contribution in [0.15, 0.2) is 18.2 Å². The number of carbonyl (C=O) groups excluding carboxylic acids is 3. The smallest absolute Gasteiger partial charge is 0.255 e. The summed E-state index contributed by atoms with van der Waals surface area (Å²) in [5.74, 6) is -0.119. The van der Waals surface area contributed by atoms with Gasteiger partial charge in [-0.25, -0.2) is 0 Å². The highest BCUT2D eigenvalue weighted by atomic mass is 16.2. The molecule has 1 aromatic carbocycles. The van der Waals surface area contributed by atoms with Crippen molar-refractivity contribution in [2.45, 2.75) is 45.4 Å². The standard InChI is InChI=1S/C20H24N6O3/c1-11-15(8-21)18(24-25(11)2)22-9-12-3-4-13-10-26(20(29)14(13)7-12)16-5-6-17(27)23-19(16)28/h3-4,7,16H,5-6,8-10,21H2,1-2H3,(H,22,24)(H,23,27,28). The topological polar surface area (TPSA) is 122 Å². The van der Waals surface area contributed by atoms with Crippen LogP contribution in [0.3, 0.4) is 0 Å². The molecule has 29 heavy (non-hydrogen) atoms. The number of hydrogen-bond donors (Lipinski definition) is 3. The molecule has 1 saturated heterocycles. The van der Waals surface area contributed by atoms with E-state index in [1.165, 1.54) is 0 Å². The van der Waals surface area contributed by atoms with Crippen LogP contribution < -0.4 is 16.4 Å². The van der Waals surface area contributed by atoms with Gasteiger partial charge in [-0.3, -0.25) is 24.4 Å². The molecule has 0 radical (unpaired) electrons. The van der Waals surface area contributed by atoms with E-state index < -0.39 is 11.9 Å². The number of benzene rings is 1. The molecule has 0 saturated carbocycles. The van der Waals surface area contributed by atoms with Crippen LogP contribution in [-0.2, 0) is 36.3 Å². The van der Waals surface area contributed by atoms with Crippen LogP contribution in [0.25, 0.3) is 0 Å². The molecule has 3 amide bonds. The normalized spacial score (nSPS) is 18.8. The predicted octanol–water partition coefficient (Wildman–Crippen LogP) is 0.560. The van der Waals surface area contributed by atoms with Crippen molar-refractivity contribution in [1.82, 2.24) is 20.0 Å². The van der Waals surface area contributed by atoms with Gasteiger partial charge in [-0.2, -0.15) is 5.10 Å². The molecule has 1 atom stereocenters. The van der Waals surface area contributed by atoms with Gasteiger partial charge in [-0.1, -0.05) is 12.1 Å². The average molecular weight is 396 g/mol. The van der Waals surface area contributed by atoms with Gasteiger partial charge in [0.05, 0.1) is 0 Å². The zero-order chi connectivity index (χ0) is 20.7. The first-order valence-electron chi connectivity index (χ1n) is 9.62. The van der Waals surface area contributed by atoms with Gasteiger partial charge >= 0.3 is 0 Å². The van der Waals surface area contributed by atoms with E-state index in [1.807, 2.05) is 32.2 Å². The Bertz CT molecular complexity index is 1010. The molecule has 0 aliphatic carbocycles. The molecule has 4 rings (SSSR count). The summed E-state index contributed by atoms with van der Waals surface area (Å²) in [6.07, 6.45) is 0.609. The zero-order valence-electron chi connectivity index (χ0n) is 16.5. The molecular weight excluding hydrogens is 372 g/mol. The van der Waals surface area contributed by atoms with Gasteiger partial charge in [0.25, 0.3) is 5.91 Å². The second kappa shape index (κ2) is 7.32. The molecule has 9 heteroatoms. The summed E-state index contributed by atoms with van der Waals surface area (Å²) in [7, 11) is 1.87. The van der Waals surface area contributed by atoms with E-state index in [-0.39, 0.29) is 18.2 Å². The largest absolute Gasteiger partial charge is 0.364 e. The van der Waals surface area contributed by atoms with Crippen molar-refractivity contribution in [3.8, 4) is 0 Å². The van der Waals surface area contributed by atoms with Gasteiger partial charge in [0, 0.05) is 49.9 Å². The minimum atomic E-state index is -0.599. The van der Waals surface area contributed by atoms with E-state index in [9.17, 15) is 14.4 Å². The molecule has 1 unspecified atom stereocenters. The van der Waals surface area contributed by atoms with E-state index in [2.05, 4.69) is 15.7 Å². The number of amides is 3. The quantitative estimate of drug-likeness (QED) is 0.635. The van der Waals surface area contributed by atoms with Crippen LogP contribution in [0.1, 0.15) is 45.6 Å². The lowest BCUT2D eigenvalue weighted by atomic mass is 10.0. The van der Waals surface area contributed by atoms with Crippen molar-refractivity contribution in [3.05, 3.63) is 46.1 Å². The number of aryl methyl sites for hydroxylation is 1. The van der Waals surface area contributed by atoms with Crippen LogP contribution >= 0.6 is 0 Å². The highest BCUT2D eigenvalue weighted by Gasteiger charge is 2.39. The van der Waals surface area contributed by atoms with Gasteiger partial charge in [0.15, 0.2) is 5.82 Å². The second-order valence-corrected chi connectivity index (χ2v) is 7.49. The maximum absolute atomic E-state index is 12.9. The Labute approximate surface area is 168 Å². The molecule has 2 aliphatic rings. The first-order valence-corrected chi connectivity index (χ1v) is 9.62. The monoisotopic (exact) mass is 396 g/mol. The summed E-state index contributed by atoms with van der Waals surface area (Å²) in [5, 5.41) is 10.1. The molecule has 0 spiro atoms. The van der Waals surface area contributed by atoms with Gasteiger partial charge in [-0.15, -0.1) is 0 Å². The third-order valence-corrected chi connectivity index (χ3v) is 5.71. The fourth-order valence-corrected chi connectivity index (χ4v) is 3.94. The van der Waals surface area contributed by atoms with Crippen LogP contribution in [0.5, 0.6) is 0 Å². The van der Waals surface area contributed by atoms with Crippen molar-refractivity contribution >= 4 is 23.5 Å².